The number of urea groups is 2. The van der Waals surface area contributed by atoms with Gasteiger partial charge in [-0.1, -0.05) is 23.7 Å². The van der Waals surface area contributed by atoms with Crippen molar-refractivity contribution in [1.82, 2.24) is 20.9 Å². The van der Waals surface area contributed by atoms with Crippen LogP contribution < -0.4 is 16.0 Å². The molecule has 1 aromatic rings. The summed E-state index contributed by atoms with van der Waals surface area (Å²) in [7, 11) is 0. The van der Waals surface area contributed by atoms with Gasteiger partial charge in [0, 0.05) is 11.1 Å². The summed E-state index contributed by atoms with van der Waals surface area (Å²) in [5, 5.41) is 7.62. The number of hydrogen-bond donors (Lipinski definition) is 3. The Morgan fingerprint density at radius 1 is 1.24 bits per heavy atom. The summed E-state index contributed by atoms with van der Waals surface area (Å²) in [5.41, 5.74) is -0.766. The fourth-order valence-electron chi connectivity index (χ4n) is 2.43. The topological polar surface area (TPSA) is 108 Å². The molecule has 25 heavy (non-hydrogen) atoms. The molecule has 1 aliphatic heterocycles. The maximum absolute atomic E-state index is 12.7. The largest absolute Gasteiger partial charge is 0.336 e. The first-order chi connectivity index (χ1) is 11.6. The number of amides is 6. The van der Waals surface area contributed by atoms with Gasteiger partial charge in [-0.25, -0.2) is 9.59 Å². The Labute approximate surface area is 149 Å². The fourth-order valence-corrected chi connectivity index (χ4v) is 2.55. The Hall–Kier alpha value is -2.61. The maximum atomic E-state index is 12.7. The Kier molecular flexibility index (Phi) is 5.32. The molecule has 0 radical (unpaired) electrons. The number of nitrogens with one attached hydrogen (secondary N) is 3. The third-order valence-electron chi connectivity index (χ3n) is 3.67. The molecule has 0 aromatic heterocycles. The van der Waals surface area contributed by atoms with E-state index in [1.54, 1.807) is 45.0 Å². The number of carbonyl (C=O) groups excluding carboxylic acids is 4. The molecule has 1 aromatic carbocycles. The zero-order valence-electron chi connectivity index (χ0n) is 14.1. The smallest absolute Gasteiger partial charge is 0.325 e. The first kappa shape index (κ1) is 18.7. The molecule has 9 heteroatoms. The predicted octanol–water partition coefficient (Wildman–Crippen LogP) is 1.34. The normalized spacial score (nSPS) is 19.8. The monoisotopic (exact) mass is 366 g/mol. The zero-order chi connectivity index (χ0) is 18.8. The summed E-state index contributed by atoms with van der Waals surface area (Å²) >= 11 is 5.84. The predicted molar refractivity (Wildman–Crippen MR) is 90.9 cm³/mol. The van der Waals surface area contributed by atoms with Crippen molar-refractivity contribution in [2.75, 3.05) is 6.54 Å². The van der Waals surface area contributed by atoms with Gasteiger partial charge >= 0.3 is 12.1 Å². The van der Waals surface area contributed by atoms with E-state index < -0.39 is 36.0 Å². The van der Waals surface area contributed by atoms with Crippen LogP contribution in [0.3, 0.4) is 0 Å². The van der Waals surface area contributed by atoms with Gasteiger partial charge < -0.3 is 10.6 Å². The second-order valence-electron chi connectivity index (χ2n) is 6.13. The van der Waals surface area contributed by atoms with Gasteiger partial charge in [-0.3, -0.25) is 19.8 Å². The van der Waals surface area contributed by atoms with E-state index >= 15 is 0 Å². The molecule has 3 N–H and O–H groups in total. The number of rotatable bonds is 4. The molecule has 1 atom stereocenters. The van der Waals surface area contributed by atoms with Crippen molar-refractivity contribution in [3.05, 3.63) is 34.9 Å². The summed E-state index contributed by atoms with van der Waals surface area (Å²) in [6.07, 6.45) is 0. The minimum Gasteiger partial charge on any atom is -0.336 e. The molecule has 6 amide bonds. The van der Waals surface area contributed by atoms with Crippen molar-refractivity contribution >= 4 is 35.5 Å². The van der Waals surface area contributed by atoms with E-state index in [0.717, 1.165) is 4.90 Å². The standard InChI is InChI=1S/C16H19ClN4O4/c1-9(2)18-14(24)19-12(22)8-21-13(23)16(3,20-15(21)25)10-4-6-11(17)7-5-10/h4-7,9H,8H2,1-3H3,(H,20,25)(H2,18,19,22,24)/t16-/m0/s1. The van der Waals surface area contributed by atoms with Crippen LogP contribution in [0.4, 0.5) is 9.59 Å². The minimum absolute atomic E-state index is 0.155. The highest BCUT2D eigenvalue weighted by Crippen LogP contribution is 2.29. The molecular weight excluding hydrogens is 348 g/mol. The second-order valence-corrected chi connectivity index (χ2v) is 6.57. The van der Waals surface area contributed by atoms with Gasteiger partial charge in [0.05, 0.1) is 0 Å². The molecular formula is C16H19ClN4O4. The molecule has 0 unspecified atom stereocenters. The highest BCUT2D eigenvalue weighted by atomic mass is 35.5. The molecule has 0 spiro atoms. The Morgan fingerprint density at radius 2 is 1.84 bits per heavy atom. The first-order valence-electron chi connectivity index (χ1n) is 7.64. The Balaban J connectivity index is 2.09. The van der Waals surface area contributed by atoms with Crippen molar-refractivity contribution in [1.29, 1.82) is 0 Å². The van der Waals surface area contributed by atoms with E-state index in [9.17, 15) is 19.2 Å². The average Bonchev–Trinajstić information content (AvgIpc) is 2.71. The lowest BCUT2D eigenvalue weighted by molar-refractivity contribution is -0.134. The molecule has 0 aliphatic carbocycles. The van der Waals surface area contributed by atoms with Crippen molar-refractivity contribution in [3.8, 4) is 0 Å². The van der Waals surface area contributed by atoms with Crippen molar-refractivity contribution < 1.29 is 19.2 Å². The number of halogens is 1. The molecule has 134 valence electrons. The second kappa shape index (κ2) is 7.10. The third kappa shape index (κ3) is 4.08. The van der Waals surface area contributed by atoms with E-state index in [4.69, 9.17) is 11.6 Å². The van der Waals surface area contributed by atoms with Crippen LogP contribution in [0.25, 0.3) is 0 Å². The van der Waals surface area contributed by atoms with Gasteiger partial charge in [-0.2, -0.15) is 0 Å². The summed E-state index contributed by atoms with van der Waals surface area (Å²) in [5.74, 6) is -1.35. The van der Waals surface area contributed by atoms with E-state index in [1.165, 1.54) is 0 Å². The third-order valence-corrected chi connectivity index (χ3v) is 3.92. The van der Waals surface area contributed by atoms with Crippen LogP contribution in [0.5, 0.6) is 0 Å². The average molecular weight is 367 g/mol. The summed E-state index contributed by atoms with van der Waals surface area (Å²) in [6, 6.07) is 4.91. The molecule has 1 heterocycles. The summed E-state index contributed by atoms with van der Waals surface area (Å²) in [6.45, 7) is 4.46. The maximum Gasteiger partial charge on any atom is 0.325 e. The lowest BCUT2D eigenvalue weighted by Gasteiger charge is -2.22. The summed E-state index contributed by atoms with van der Waals surface area (Å²) < 4.78 is 0. The zero-order valence-corrected chi connectivity index (χ0v) is 14.8. The number of benzene rings is 1. The van der Waals surface area contributed by atoms with Gasteiger partial charge in [0.25, 0.3) is 5.91 Å². The SMILES string of the molecule is CC(C)NC(=O)NC(=O)CN1C(=O)N[C@@](C)(c2ccc(Cl)cc2)C1=O. The molecule has 2 rings (SSSR count). The quantitative estimate of drug-likeness (QED) is 0.699. The van der Waals surface area contributed by atoms with Gasteiger partial charge in [0.1, 0.15) is 12.1 Å². The fraction of sp³-hybridized carbons (Fsp3) is 0.375. The number of imide groups is 2. The van der Waals surface area contributed by atoms with Crippen LogP contribution in [0.2, 0.25) is 5.02 Å². The van der Waals surface area contributed by atoms with E-state index in [0.29, 0.717) is 10.6 Å². The summed E-state index contributed by atoms with van der Waals surface area (Å²) in [4.78, 5) is 49.0. The van der Waals surface area contributed by atoms with Crippen LogP contribution in [0.1, 0.15) is 26.3 Å². The van der Waals surface area contributed by atoms with Crippen molar-refractivity contribution in [2.24, 2.45) is 0 Å². The molecule has 8 nitrogen and oxygen atoms in total. The molecule has 0 saturated carbocycles. The Morgan fingerprint density at radius 3 is 2.40 bits per heavy atom. The molecule has 0 bridgehead atoms. The van der Waals surface area contributed by atoms with Crippen LogP contribution in [-0.2, 0) is 15.1 Å². The number of carbonyl (C=O) groups is 4. The van der Waals surface area contributed by atoms with Gasteiger partial charge in [-0.05, 0) is 38.5 Å². The van der Waals surface area contributed by atoms with Crippen molar-refractivity contribution in [2.45, 2.75) is 32.4 Å². The van der Waals surface area contributed by atoms with E-state index in [1.807, 2.05) is 0 Å². The van der Waals surface area contributed by atoms with Crippen LogP contribution in [-0.4, -0.2) is 41.4 Å². The van der Waals surface area contributed by atoms with Crippen LogP contribution in [0.15, 0.2) is 24.3 Å². The highest BCUT2D eigenvalue weighted by Gasteiger charge is 2.49. The van der Waals surface area contributed by atoms with Crippen molar-refractivity contribution in [3.63, 3.8) is 0 Å². The lowest BCUT2D eigenvalue weighted by Crippen LogP contribution is -2.48. The number of nitrogens with zero attached hydrogens (tertiary/aromatic N) is 1. The lowest BCUT2D eigenvalue weighted by atomic mass is 9.92. The van der Waals surface area contributed by atoms with Crippen LogP contribution in [0, 0.1) is 0 Å². The van der Waals surface area contributed by atoms with Gasteiger partial charge in [0.2, 0.25) is 5.91 Å². The van der Waals surface area contributed by atoms with Gasteiger partial charge in [-0.15, -0.1) is 0 Å². The van der Waals surface area contributed by atoms with Crippen LogP contribution >= 0.6 is 11.6 Å². The van der Waals surface area contributed by atoms with E-state index in [-0.39, 0.29) is 6.04 Å². The molecule has 1 aliphatic rings. The Bertz CT molecular complexity index is 719. The minimum atomic E-state index is -1.30. The van der Waals surface area contributed by atoms with Gasteiger partial charge in [0.15, 0.2) is 0 Å². The van der Waals surface area contributed by atoms with E-state index in [2.05, 4.69) is 16.0 Å². The number of hydrogen-bond acceptors (Lipinski definition) is 4. The highest BCUT2D eigenvalue weighted by molar-refractivity contribution is 6.30. The molecule has 1 fully saturated rings. The molecule has 1 saturated heterocycles. The first-order valence-corrected chi connectivity index (χ1v) is 8.02.